The Kier molecular flexibility index (Phi) is 5.49. The third kappa shape index (κ3) is 3.96. The number of Topliss-reactive ketones (excluding diaryl/α,β-unsaturated/α-hetero) is 1. The van der Waals surface area contributed by atoms with Crippen molar-refractivity contribution >= 4 is 22.6 Å². The molecule has 1 unspecified atom stereocenters. The van der Waals surface area contributed by atoms with Gasteiger partial charge >= 0.3 is 0 Å². The van der Waals surface area contributed by atoms with Crippen molar-refractivity contribution in [3.63, 3.8) is 0 Å². The molecule has 0 aliphatic carbocycles. The first-order chi connectivity index (χ1) is 14.0. The van der Waals surface area contributed by atoms with Crippen LogP contribution in [0.25, 0.3) is 10.9 Å². The molecule has 3 aromatic rings. The molecule has 0 radical (unpaired) electrons. The van der Waals surface area contributed by atoms with Gasteiger partial charge in [0.15, 0.2) is 5.78 Å². The van der Waals surface area contributed by atoms with Crippen LogP contribution in [0.3, 0.4) is 0 Å². The van der Waals surface area contributed by atoms with Crippen molar-refractivity contribution < 1.29 is 9.59 Å². The van der Waals surface area contributed by atoms with Crippen molar-refractivity contribution in [2.75, 3.05) is 26.2 Å². The minimum Gasteiger partial charge on any atom is -0.360 e. The van der Waals surface area contributed by atoms with Gasteiger partial charge in [0.1, 0.15) is 0 Å². The number of H-pyrrole nitrogens is 1. The van der Waals surface area contributed by atoms with Gasteiger partial charge in [-0.05, 0) is 31.0 Å². The molecule has 1 N–H and O–H groups in total. The summed E-state index contributed by atoms with van der Waals surface area (Å²) in [5, 5.41) is 0.969. The number of benzene rings is 2. The Morgan fingerprint density at radius 3 is 2.45 bits per heavy atom. The van der Waals surface area contributed by atoms with Gasteiger partial charge < -0.3 is 9.88 Å². The molecule has 1 atom stereocenters. The van der Waals surface area contributed by atoms with Gasteiger partial charge in [-0.25, -0.2) is 0 Å². The van der Waals surface area contributed by atoms with E-state index in [1.54, 1.807) is 0 Å². The quantitative estimate of drug-likeness (QED) is 0.680. The first-order valence-electron chi connectivity index (χ1n) is 10.2. The van der Waals surface area contributed by atoms with E-state index in [0.717, 1.165) is 40.7 Å². The Hall–Kier alpha value is -2.92. The van der Waals surface area contributed by atoms with Crippen LogP contribution < -0.4 is 0 Å². The summed E-state index contributed by atoms with van der Waals surface area (Å²) in [4.78, 5) is 33.1. The van der Waals surface area contributed by atoms with E-state index in [1.807, 2.05) is 73.5 Å². The lowest BCUT2D eigenvalue weighted by molar-refractivity contribution is -0.132. The summed E-state index contributed by atoms with van der Waals surface area (Å²) in [6, 6.07) is 15.7. The average Bonchev–Trinajstić information content (AvgIpc) is 3.18. The number of piperazine rings is 1. The molecule has 5 heteroatoms. The molecule has 0 saturated carbocycles. The molecule has 29 heavy (non-hydrogen) atoms. The van der Waals surface area contributed by atoms with E-state index in [0.29, 0.717) is 19.5 Å². The van der Waals surface area contributed by atoms with E-state index in [-0.39, 0.29) is 17.7 Å². The second kappa shape index (κ2) is 8.21. The second-order valence-corrected chi connectivity index (χ2v) is 7.81. The van der Waals surface area contributed by atoms with Crippen LogP contribution in [0.5, 0.6) is 0 Å². The van der Waals surface area contributed by atoms with Gasteiger partial charge in [0, 0.05) is 48.8 Å². The molecule has 4 rings (SSSR count). The summed E-state index contributed by atoms with van der Waals surface area (Å²) in [6.07, 6.45) is 2.25. The number of aryl methyl sites for hydroxylation is 1. The zero-order chi connectivity index (χ0) is 20.4. The number of aromatic amines is 1. The lowest BCUT2D eigenvalue weighted by Gasteiger charge is -2.37. The Morgan fingerprint density at radius 2 is 1.69 bits per heavy atom. The maximum atomic E-state index is 13.1. The molecule has 1 amide bonds. The molecule has 1 aliphatic heterocycles. The first-order valence-corrected chi connectivity index (χ1v) is 10.2. The van der Waals surface area contributed by atoms with Crippen LogP contribution in [-0.4, -0.2) is 58.7 Å². The molecule has 150 valence electrons. The third-order valence-electron chi connectivity index (χ3n) is 6.05. The number of fused-ring (bicyclic) bond motifs is 1. The van der Waals surface area contributed by atoms with Crippen LogP contribution in [0.15, 0.2) is 54.7 Å². The number of ketones is 1. The number of carbonyl (C=O) groups excluding carboxylic acids is 2. The van der Waals surface area contributed by atoms with Crippen molar-refractivity contribution in [1.29, 1.82) is 0 Å². The topological polar surface area (TPSA) is 56.4 Å². The van der Waals surface area contributed by atoms with Gasteiger partial charge in [-0.2, -0.15) is 0 Å². The maximum Gasteiger partial charge on any atom is 0.227 e. The number of para-hydroxylation sites is 1. The maximum absolute atomic E-state index is 13.1. The highest BCUT2D eigenvalue weighted by atomic mass is 16.2. The van der Waals surface area contributed by atoms with Gasteiger partial charge in [-0.15, -0.1) is 0 Å². The summed E-state index contributed by atoms with van der Waals surface area (Å²) in [7, 11) is 0. The van der Waals surface area contributed by atoms with Crippen LogP contribution in [0.1, 0.15) is 28.4 Å². The number of hydrogen-bond donors (Lipinski definition) is 1. The molecule has 0 bridgehead atoms. The molecule has 1 aliphatic rings. The molecule has 5 nitrogen and oxygen atoms in total. The summed E-state index contributed by atoms with van der Waals surface area (Å²) >= 11 is 0. The highest BCUT2D eigenvalue weighted by Gasteiger charge is 2.29. The minimum absolute atomic E-state index is 0.127. The first kappa shape index (κ1) is 19.4. The van der Waals surface area contributed by atoms with E-state index in [2.05, 4.69) is 9.88 Å². The summed E-state index contributed by atoms with van der Waals surface area (Å²) in [5.74, 6) is 0.289. The van der Waals surface area contributed by atoms with Gasteiger partial charge in [0.25, 0.3) is 0 Å². The van der Waals surface area contributed by atoms with E-state index in [1.165, 1.54) is 0 Å². The van der Waals surface area contributed by atoms with Crippen molar-refractivity contribution in [2.24, 2.45) is 0 Å². The number of hydrogen-bond acceptors (Lipinski definition) is 3. The van der Waals surface area contributed by atoms with Crippen molar-refractivity contribution in [3.8, 4) is 0 Å². The fourth-order valence-corrected chi connectivity index (χ4v) is 4.11. The van der Waals surface area contributed by atoms with Crippen LogP contribution in [0.4, 0.5) is 0 Å². The Balaban J connectivity index is 1.37. The SMILES string of the molecule is Cc1ccccc1CC(=O)N1CCN(C(C)C(=O)c2c[nH]c3ccccc23)CC1. The third-order valence-corrected chi connectivity index (χ3v) is 6.05. The second-order valence-electron chi connectivity index (χ2n) is 7.81. The largest absolute Gasteiger partial charge is 0.360 e. The minimum atomic E-state index is -0.206. The van der Waals surface area contributed by atoms with Crippen molar-refractivity contribution in [2.45, 2.75) is 26.3 Å². The summed E-state index contributed by atoms with van der Waals surface area (Å²) in [5.41, 5.74) is 3.96. The predicted molar refractivity (Wildman–Crippen MR) is 115 cm³/mol. The average molecular weight is 389 g/mol. The standard InChI is InChI=1S/C24H27N3O2/c1-17-7-3-4-8-19(17)15-23(28)27-13-11-26(12-14-27)18(2)24(29)21-16-25-22-10-6-5-9-20(21)22/h3-10,16,18,25H,11-15H2,1-2H3. The number of nitrogens with one attached hydrogen (secondary N) is 1. The summed E-state index contributed by atoms with van der Waals surface area (Å²) < 4.78 is 0. The van der Waals surface area contributed by atoms with Gasteiger partial charge in [-0.1, -0.05) is 42.5 Å². The zero-order valence-corrected chi connectivity index (χ0v) is 17.0. The van der Waals surface area contributed by atoms with Crippen LogP contribution >= 0.6 is 0 Å². The molecule has 1 aromatic heterocycles. The molecular formula is C24H27N3O2. The fourth-order valence-electron chi connectivity index (χ4n) is 4.11. The Labute approximate surface area is 171 Å². The van der Waals surface area contributed by atoms with E-state index >= 15 is 0 Å². The molecule has 2 heterocycles. The Morgan fingerprint density at radius 1 is 1.00 bits per heavy atom. The van der Waals surface area contributed by atoms with Crippen LogP contribution in [-0.2, 0) is 11.2 Å². The van der Waals surface area contributed by atoms with Crippen LogP contribution in [0.2, 0.25) is 0 Å². The fraction of sp³-hybridized carbons (Fsp3) is 0.333. The van der Waals surface area contributed by atoms with E-state index in [4.69, 9.17) is 0 Å². The molecule has 2 aromatic carbocycles. The molecule has 1 fully saturated rings. The highest BCUT2D eigenvalue weighted by Crippen LogP contribution is 2.21. The lowest BCUT2D eigenvalue weighted by atomic mass is 10.0. The monoisotopic (exact) mass is 389 g/mol. The number of rotatable bonds is 5. The lowest BCUT2D eigenvalue weighted by Crippen LogP contribution is -2.53. The predicted octanol–water partition coefficient (Wildman–Crippen LogP) is 3.43. The van der Waals surface area contributed by atoms with E-state index < -0.39 is 0 Å². The molecule has 1 saturated heterocycles. The van der Waals surface area contributed by atoms with Gasteiger partial charge in [0.05, 0.1) is 12.5 Å². The highest BCUT2D eigenvalue weighted by molar-refractivity contribution is 6.10. The smallest absolute Gasteiger partial charge is 0.227 e. The Bertz CT molecular complexity index is 1030. The molecular weight excluding hydrogens is 362 g/mol. The van der Waals surface area contributed by atoms with Crippen molar-refractivity contribution in [1.82, 2.24) is 14.8 Å². The zero-order valence-electron chi connectivity index (χ0n) is 17.0. The van der Waals surface area contributed by atoms with Gasteiger partial charge in [-0.3, -0.25) is 14.5 Å². The van der Waals surface area contributed by atoms with Gasteiger partial charge in [0.2, 0.25) is 5.91 Å². The normalized spacial score (nSPS) is 16.1. The number of aromatic nitrogens is 1. The van der Waals surface area contributed by atoms with Crippen molar-refractivity contribution in [3.05, 3.63) is 71.4 Å². The number of amides is 1. The summed E-state index contributed by atoms with van der Waals surface area (Å²) in [6.45, 7) is 6.77. The van der Waals surface area contributed by atoms with Crippen LogP contribution in [0, 0.1) is 6.92 Å². The molecule has 0 spiro atoms. The number of nitrogens with zero attached hydrogens (tertiary/aromatic N) is 2. The number of carbonyl (C=O) groups is 2. The van der Waals surface area contributed by atoms with E-state index in [9.17, 15) is 9.59 Å².